The minimum atomic E-state index is -0.159. The fourth-order valence-corrected chi connectivity index (χ4v) is 3.38. The van der Waals surface area contributed by atoms with Crippen molar-refractivity contribution in [2.24, 2.45) is 0 Å². The Balaban J connectivity index is 1.62. The van der Waals surface area contributed by atoms with E-state index in [0.29, 0.717) is 17.9 Å². The molecule has 8 heteroatoms. The summed E-state index contributed by atoms with van der Waals surface area (Å²) in [4.78, 5) is 21.1. The van der Waals surface area contributed by atoms with Gasteiger partial charge in [0.1, 0.15) is 12.1 Å². The largest absolute Gasteiger partial charge is 0.383 e. The van der Waals surface area contributed by atoms with Gasteiger partial charge in [0.2, 0.25) is 0 Å². The van der Waals surface area contributed by atoms with E-state index < -0.39 is 0 Å². The molecule has 130 valence electrons. The minimum absolute atomic E-state index is 0.159. The van der Waals surface area contributed by atoms with Gasteiger partial charge in [0.15, 0.2) is 5.82 Å². The average molecular weight is 339 g/mol. The number of hydrogen-bond acceptors (Lipinski definition) is 7. The van der Waals surface area contributed by atoms with Crippen molar-refractivity contribution in [3.05, 3.63) is 47.8 Å². The Morgan fingerprint density at radius 1 is 1.28 bits per heavy atom. The predicted octanol–water partition coefficient (Wildman–Crippen LogP) is 0.693. The van der Waals surface area contributed by atoms with Gasteiger partial charge in [-0.1, -0.05) is 18.2 Å². The molecule has 0 aliphatic carbocycles. The highest BCUT2D eigenvalue weighted by atomic mass is 16.2. The standard InChI is InChI=1S/C17H21N7O/c18-15-14-10-23(22-17(25)12-5-2-1-3-6-12)24(16(14)21-11-20-15)13-7-4-8-19-9-13/h1-3,5-6,11,13,19H,4,7-10H2,(H,22,25)(H2,18,20,21). The van der Waals surface area contributed by atoms with Crippen LogP contribution in [0.25, 0.3) is 0 Å². The van der Waals surface area contributed by atoms with E-state index in [1.807, 2.05) is 28.3 Å². The Labute approximate surface area is 146 Å². The van der Waals surface area contributed by atoms with Gasteiger partial charge in [-0.3, -0.25) is 15.2 Å². The van der Waals surface area contributed by atoms with Crippen molar-refractivity contribution in [1.29, 1.82) is 0 Å². The number of fused-ring (bicyclic) bond motifs is 1. The van der Waals surface area contributed by atoms with Gasteiger partial charge in [0.25, 0.3) is 5.91 Å². The maximum absolute atomic E-state index is 12.6. The van der Waals surface area contributed by atoms with Crippen LogP contribution in [-0.4, -0.2) is 40.1 Å². The first-order valence-corrected chi connectivity index (χ1v) is 8.47. The molecule has 1 aromatic heterocycles. The Morgan fingerprint density at radius 3 is 2.88 bits per heavy atom. The van der Waals surface area contributed by atoms with E-state index in [1.165, 1.54) is 6.33 Å². The van der Waals surface area contributed by atoms with Gasteiger partial charge in [-0.2, -0.15) is 0 Å². The maximum Gasteiger partial charge on any atom is 0.267 e. The van der Waals surface area contributed by atoms with Gasteiger partial charge in [-0.15, -0.1) is 5.12 Å². The Morgan fingerprint density at radius 2 is 2.12 bits per heavy atom. The van der Waals surface area contributed by atoms with E-state index in [9.17, 15) is 4.79 Å². The highest BCUT2D eigenvalue weighted by Gasteiger charge is 2.37. The molecular formula is C17H21N7O. The number of piperidine rings is 1. The van der Waals surface area contributed by atoms with Crippen molar-refractivity contribution in [2.45, 2.75) is 25.4 Å². The van der Waals surface area contributed by atoms with E-state index in [1.54, 1.807) is 12.1 Å². The van der Waals surface area contributed by atoms with E-state index >= 15 is 0 Å². The summed E-state index contributed by atoms with van der Waals surface area (Å²) in [5.41, 5.74) is 10.5. The molecule has 2 aliphatic rings. The lowest BCUT2D eigenvalue weighted by atomic mass is 10.1. The van der Waals surface area contributed by atoms with Gasteiger partial charge in [0, 0.05) is 12.1 Å². The van der Waals surface area contributed by atoms with E-state index in [-0.39, 0.29) is 11.9 Å². The summed E-state index contributed by atoms with van der Waals surface area (Å²) in [6.07, 6.45) is 3.57. The number of nitrogens with one attached hydrogen (secondary N) is 2. The molecule has 0 spiro atoms. The van der Waals surface area contributed by atoms with Crippen LogP contribution in [-0.2, 0) is 6.54 Å². The molecule has 0 radical (unpaired) electrons. The molecule has 3 heterocycles. The summed E-state index contributed by atoms with van der Waals surface area (Å²) in [5.74, 6) is 1.07. The van der Waals surface area contributed by atoms with Crippen LogP contribution >= 0.6 is 0 Å². The number of nitrogen functional groups attached to an aromatic ring is 1. The first-order chi connectivity index (χ1) is 12.2. The van der Waals surface area contributed by atoms with Crippen LogP contribution in [0, 0.1) is 0 Å². The number of hydrazine groups is 2. The molecule has 0 bridgehead atoms. The van der Waals surface area contributed by atoms with Crippen molar-refractivity contribution in [3.63, 3.8) is 0 Å². The molecule has 4 rings (SSSR count). The molecule has 0 saturated carbocycles. The highest BCUT2D eigenvalue weighted by Crippen LogP contribution is 2.33. The van der Waals surface area contributed by atoms with Gasteiger partial charge in [-0.25, -0.2) is 9.97 Å². The smallest absolute Gasteiger partial charge is 0.267 e. The third-order valence-electron chi connectivity index (χ3n) is 4.62. The zero-order valence-corrected chi connectivity index (χ0v) is 13.9. The topological polar surface area (TPSA) is 99.4 Å². The highest BCUT2D eigenvalue weighted by molar-refractivity contribution is 5.93. The number of aromatic nitrogens is 2. The molecule has 25 heavy (non-hydrogen) atoms. The normalized spacial score (nSPS) is 20.3. The number of nitrogens with two attached hydrogens (primary N) is 1. The molecule has 4 N–H and O–H groups in total. The van der Waals surface area contributed by atoms with Crippen molar-refractivity contribution in [3.8, 4) is 0 Å². The molecule has 2 aromatic rings. The summed E-state index contributed by atoms with van der Waals surface area (Å²) >= 11 is 0. The van der Waals surface area contributed by atoms with Gasteiger partial charge < -0.3 is 11.1 Å². The fraction of sp³-hybridized carbons (Fsp3) is 0.353. The van der Waals surface area contributed by atoms with E-state index in [2.05, 4.69) is 20.7 Å². The zero-order valence-electron chi connectivity index (χ0n) is 13.9. The molecular weight excluding hydrogens is 318 g/mol. The van der Waals surface area contributed by atoms with Gasteiger partial charge in [0.05, 0.1) is 18.2 Å². The number of anilines is 2. The van der Waals surface area contributed by atoms with Crippen molar-refractivity contribution in [2.75, 3.05) is 23.8 Å². The van der Waals surface area contributed by atoms with Gasteiger partial charge >= 0.3 is 0 Å². The minimum Gasteiger partial charge on any atom is -0.383 e. The molecule has 1 fully saturated rings. The first-order valence-electron chi connectivity index (χ1n) is 8.47. The number of nitrogens with zero attached hydrogens (tertiary/aromatic N) is 4. The number of carbonyl (C=O) groups excluding carboxylic acids is 1. The van der Waals surface area contributed by atoms with Crippen LogP contribution in [0.1, 0.15) is 28.8 Å². The lowest BCUT2D eigenvalue weighted by Crippen LogP contribution is -2.57. The molecule has 8 nitrogen and oxygen atoms in total. The molecule has 1 atom stereocenters. The number of carbonyl (C=O) groups is 1. The Hall–Kier alpha value is -2.71. The molecule has 1 amide bonds. The number of amides is 1. The van der Waals surface area contributed by atoms with Crippen LogP contribution in [0.2, 0.25) is 0 Å². The molecule has 2 aliphatic heterocycles. The van der Waals surface area contributed by atoms with Gasteiger partial charge in [-0.05, 0) is 31.5 Å². The van der Waals surface area contributed by atoms with Crippen LogP contribution in [0.5, 0.6) is 0 Å². The van der Waals surface area contributed by atoms with E-state index in [4.69, 9.17) is 5.73 Å². The SMILES string of the molecule is Nc1ncnc2c1CN(NC(=O)c1ccccc1)N2C1CCCNC1. The number of hydrogen-bond donors (Lipinski definition) is 3. The summed E-state index contributed by atoms with van der Waals surface area (Å²) in [6.45, 7) is 2.30. The summed E-state index contributed by atoms with van der Waals surface area (Å²) in [5, 5.41) is 7.26. The van der Waals surface area contributed by atoms with Crippen molar-refractivity contribution >= 4 is 17.5 Å². The van der Waals surface area contributed by atoms with Crippen LogP contribution in [0.3, 0.4) is 0 Å². The summed E-state index contributed by atoms with van der Waals surface area (Å²) in [7, 11) is 0. The van der Waals surface area contributed by atoms with Crippen LogP contribution < -0.4 is 21.5 Å². The Bertz CT molecular complexity index is 761. The van der Waals surface area contributed by atoms with Crippen molar-refractivity contribution < 1.29 is 4.79 Å². The molecule has 1 aromatic carbocycles. The number of benzene rings is 1. The third-order valence-corrected chi connectivity index (χ3v) is 4.62. The fourth-order valence-electron chi connectivity index (χ4n) is 3.38. The maximum atomic E-state index is 12.6. The number of rotatable bonds is 3. The summed E-state index contributed by atoms with van der Waals surface area (Å²) in [6, 6.07) is 9.37. The first kappa shape index (κ1) is 15.8. The Kier molecular flexibility index (Phi) is 4.21. The van der Waals surface area contributed by atoms with Crippen molar-refractivity contribution in [1.82, 2.24) is 25.8 Å². The lowest BCUT2D eigenvalue weighted by molar-refractivity contribution is 0.0737. The second-order valence-corrected chi connectivity index (χ2v) is 6.27. The second-order valence-electron chi connectivity index (χ2n) is 6.27. The zero-order chi connectivity index (χ0) is 17.2. The molecule has 1 saturated heterocycles. The van der Waals surface area contributed by atoms with E-state index in [0.717, 1.165) is 37.3 Å². The third kappa shape index (κ3) is 3.01. The van der Waals surface area contributed by atoms with Crippen LogP contribution in [0.15, 0.2) is 36.7 Å². The molecule has 1 unspecified atom stereocenters. The predicted molar refractivity (Wildman–Crippen MR) is 94.3 cm³/mol. The monoisotopic (exact) mass is 339 g/mol. The lowest BCUT2D eigenvalue weighted by Gasteiger charge is -2.38. The average Bonchev–Trinajstić information content (AvgIpc) is 3.02. The van der Waals surface area contributed by atoms with Crippen LogP contribution in [0.4, 0.5) is 11.6 Å². The second kappa shape index (κ2) is 6.66. The summed E-state index contributed by atoms with van der Waals surface area (Å²) < 4.78 is 0. The quantitative estimate of drug-likeness (QED) is 0.757.